The lowest BCUT2D eigenvalue weighted by Crippen LogP contribution is -2.46. The van der Waals surface area contributed by atoms with Crippen molar-refractivity contribution < 1.29 is 0 Å². The number of piperazine rings is 1. The summed E-state index contributed by atoms with van der Waals surface area (Å²) in [6, 6.07) is 8.23. The molecule has 96 valence electrons. The lowest BCUT2D eigenvalue weighted by Gasteiger charge is -2.36. The fourth-order valence-corrected chi connectivity index (χ4v) is 2.76. The summed E-state index contributed by atoms with van der Waals surface area (Å²) in [5, 5.41) is 9.20. The van der Waals surface area contributed by atoms with E-state index in [1.165, 1.54) is 13.0 Å². The predicted molar refractivity (Wildman–Crippen MR) is 77.8 cm³/mol. The highest BCUT2D eigenvalue weighted by atomic mass is 79.9. The van der Waals surface area contributed by atoms with E-state index in [1.807, 2.05) is 18.2 Å². The lowest BCUT2D eigenvalue weighted by molar-refractivity contribution is 0.258. The summed E-state index contributed by atoms with van der Waals surface area (Å²) in [7, 11) is 0. The van der Waals surface area contributed by atoms with Crippen LogP contribution in [-0.2, 0) is 0 Å². The van der Waals surface area contributed by atoms with E-state index in [0.29, 0.717) is 0 Å². The molecule has 0 bridgehead atoms. The maximum atomic E-state index is 9.20. The van der Waals surface area contributed by atoms with Gasteiger partial charge in [0.2, 0.25) is 0 Å². The Hall–Kier alpha value is -1.05. The van der Waals surface area contributed by atoms with Gasteiger partial charge in [-0.15, -0.1) is 0 Å². The Morgan fingerprint density at radius 3 is 2.61 bits per heavy atom. The zero-order valence-corrected chi connectivity index (χ0v) is 12.3. The van der Waals surface area contributed by atoms with Crippen LogP contribution in [0.2, 0.25) is 0 Å². The van der Waals surface area contributed by atoms with Crippen LogP contribution in [0.3, 0.4) is 0 Å². The summed E-state index contributed by atoms with van der Waals surface area (Å²) in [6.45, 7) is 7.60. The van der Waals surface area contributed by atoms with E-state index in [2.05, 4.69) is 38.7 Å². The van der Waals surface area contributed by atoms with Crippen LogP contribution >= 0.6 is 15.9 Å². The number of rotatable bonds is 3. The molecule has 2 rings (SSSR count). The van der Waals surface area contributed by atoms with E-state index >= 15 is 0 Å². The molecule has 0 aromatic heterocycles. The second kappa shape index (κ2) is 6.21. The predicted octanol–water partition coefficient (Wildman–Crippen LogP) is 2.85. The van der Waals surface area contributed by atoms with Crippen molar-refractivity contribution in [2.45, 2.75) is 13.3 Å². The number of hydrogen-bond acceptors (Lipinski definition) is 3. The molecule has 1 fully saturated rings. The van der Waals surface area contributed by atoms with Gasteiger partial charge in [0.1, 0.15) is 6.07 Å². The maximum Gasteiger partial charge on any atom is 0.101 e. The summed E-state index contributed by atoms with van der Waals surface area (Å²) in [5.41, 5.74) is 1.82. The number of nitrogens with zero attached hydrogens (tertiary/aromatic N) is 3. The third-order valence-electron chi connectivity index (χ3n) is 3.33. The van der Waals surface area contributed by atoms with Gasteiger partial charge in [-0.3, -0.25) is 4.90 Å². The first-order valence-electron chi connectivity index (χ1n) is 6.41. The molecule has 1 aliphatic heterocycles. The Bertz CT molecular complexity index is 445. The monoisotopic (exact) mass is 307 g/mol. The largest absolute Gasteiger partial charge is 0.368 e. The summed E-state index contributed by atoms with van der Waals surface area (Å²) in [4.78, 5) is 4.80. The summed E-state index contributed by atoms with van der Waals surface area (Å²) < 4.78 is 0.965. The first-order valence-corrected chi connectivity index (χ1v) is 7.21. The van der Waals surface area contributed by atoms with E-state index in [-0.39, 0.29) is 0 Å². The van der Waals surface area contributed by atoms with Crippen LogP contribution in [0.5, 0.6) is 0 Å². The molecule has 0 amide bonds. The minimum atomic E-state index is 0.758. The van der Waals surface area contributed by atoms with Gasteiger partial charge in [-0.2, -0.15) is 5.26 Å². The molecule has 4 heteroatoms. The molecule has 0 aliphatic carbocycles. The van der Waals surface area contributed by atoms with E-state index in [0.717, 1.165) is 41.9 Å². The first kappa shape index (κ1) is 13.4. The number of anilines is 1. The molecule has 1 aliphatic rings. The molecule has 1 heterocycles. The zero-order chi connectivity index (χ0) is 13.0. The van der Waals surface area contributed by atoms with Crippen LogP contribution < -0.4 is 4.90 Å². The van der Waals surface area contributed by atoms with Crippen molar-refractivity contribution in [2.75, 3.05) is 37.6 Å². The maximum absolute atomic E-state index is 9.20. The molecular weight excluding hydrogens is 290 g/mol. The van der Waals surface area contributed by atoms with Gasteiger partial charge < -0.3 is 4.90 Å². The molecular formula is C14H18BrN3. The van der Waals surface area contributed by atoms with Crippen molar-refractivity contribution in [3.05, 3.63) is 28.2 Å². The van der Waals surface area contributed by atoms with Gasteiger partial charge in [-0.05, 0) is 31.2 Å². The van der Waals surface area contributed by atoms with Crippen LogP contribution in [0.25, 0.3) is 0 Å². The molecule has 1 aromatic carbocycles. The Kier molecular flexibility index (Phi) is 4.62. The summed E-state index contributed by atoms with van der Waals surface area (Å²) in [6.07, 6.45) is 1.21. The molecule has 0 radical (unpaired) electrons. The highest BCUT2D eigenvalue weighted by molar-refractivity contribution is 9.10. The second-order valence-electron chi connectivity index (χ2n) is 4.60. The number of nitriles is 1. The van der Waals surface area contributed by atoms with Gasteiger partial charge >= 0.3 is 0 Å². The van der Waals surface area contributed by atoms with Crippen LogP contribution in [0.4, 0.5) is 5.69 Å². The molecule has 1 saturated heterocycles. The number of hydrogen-bond donors (Lipinski definition) is 0. The fraction of sp³-hybridized carbons (Fsp3) is 0.500. The van der Waals surface area contributed by atoms with Crippen LogP contribution in [0.15, 0.2) is 22.7 Å². The Labute approximate surface area is 117 Å². The molecule has 0 N–H and O–H groups in total. The first-order chi connectivity index (χ1) is 8.74. The Morgan fingerprint density at radius 1 is 1.28 bits per heavy atom. The molecule has 3 nitrogen and oxygen atoms in total. The molecule has 0 spiro atoms. The van der Waals surface area contributed by atoms with Gasteiger partial charge in [0.05, 0.1) is 11.3 Å². The topological polar surface area (TPSA) is 30.3 Å². The number of benzene rings is 1. The zero-order valence-electron chi connectivity index (χ0n) is 10.7. The normalized spacial score (nSPS) is 16.6. The molecule has 18 heavy (non-hydrogen) atoms. The minimum absolute atomic E-state index is 0.758. The highest BCUT2D eigenvalue weighted by Gasteiger charge is 2.18. The smallest absolute Gasteiger partial charge is 0.101 e. The van der Waals surface area contributed by atoms with Gasteiger partial charge in [-0.25, -0.2) is 0 Å². The second-order valence-corrected chi connectivity index (χ2v) is 5.52. The van der Waals surface area contributed by atoms with Gasteiger partial charge in [0, 0.05) is 30.7 Å². The van der Waals surface area contributed by atoms with Gasteiger partial charge in [0.15, 0.2) is 0 Å². The molecule has 0 atom stereocenters. The van der Waals surface area contributed by atoms with Crippen LogP contribution in [0, 0.1) is 11.3 Å². The standard InChI is InChI=1S/C14H18BrN3/c1-2-5-17-6-8-18(9-7-17)14-4-3-13(15)10-12(14)11-16/h3-4,10H,2,5-9H2,1H3. The molecule has 1 aromatic rings. The van der Waals surface area contributed by atoms with Crippen molar-refractivity contribution in [1.29, 1.82) is 5.26 Å². The quantitative estimate of drug-likeness (QED) is 0.860. The van der Waals surface area contributed by atoms with E-state index in [4.69, 9.17) is 0 Å². The molecule has 0 unspecified atom stereocenters. The van der Waals surface area contributed by atoms with E-state index in [1.54, 1.807) is 0 Å². The lowest BCUT2D eigenvalue weighted by atomic mass is 10.1. The van der Waals surface area contributed by atoms with Crippen molar-refractivity contribution in [3.8, 4) is 6.07 Å². The van der Waals surface area contributed by atoms with E-state index in [9.17, 15) is 5.26 Å². The SMILES string of the molecule is CCCN1CCN(c2ccc(Br)cc2C#N)CC1. The van der Waals surface area contributed by atoms with Crippen LogP contribution in [-0.4, -0.2) is 37.6 Å². The Balaban J connectivity index is 2.08. The summed E-state index contributed by atoms with van der Waals surface area (Å²) >= 11 is 3.41. The average Bonchev–Trinajstić information content (AvgIpc) is 2.40. The highest BCUT2D eigenvalue weighted by Crippen LogP contribution is 2.25. The van der Waals surface area contributed by atoms with Crippen molar-refractivity contribution in [1.82, 2.24) is 4.90 Å². The van der Waals surface area contributed by atoms with Crippen molar-refractivity contribution in [2.24, 2.45) is 0 Å². The third kappa shape index (κ3) is 3.04. The fourth-order valence-electron chi connectivity index (χ4n) is 2.40. The van der Waals surface area contributed by atoms with Gasteiger partial charge in [-0.1, -0.05) is 22.9 Å². The third-order valence-corrected chi connectivity index (χ3v) is 3.83. The van der Waals surface area contributed by atoms with Crippen molar-refractivity contribution in [3.63, 3.8) is 0 Å². The van der Waals surface area contributed by atoms with E-state index < -0.39 is 0 Å². The number of halogens is 1. The summed E-state index contributed by atoms with van der Waals surface area (Å²) in [5.74, 6) is 0. The Morgan fingerprint density at radius 2 is 2.00 bits per heavy atom. The van der Waals surface area contributed by atoms with Crippen LogP contribution in [0.1, 0.15) is 18.9 Å². The molecule has 0 saturated carbocycles. The minimum Gasteiger partial charge on any atom is -0.368 e. The average molecular weight is 308 g/mol. The van der Waals surface area contributed by atoms with Crippen molar-refractivity contribution >= 4 is 21.6 Å². The van der Waals surface area contributed by atoms with Gasteiger partial charge in [0.25, 0.3) is 0 Å².